The Balaban J connectivity index is 1.82. The lowest BCUT2D eigenvalue weighted by Crippen LogP contribution is -2.38. The molecule has 22 heavy (non-hydrogen) atoms. The van der Waals surface area contributed by atoms with Gasteiger partial charge in [0.05, 0.1) is 6.10 Å². The summed E-state index contributed by atoms with van der Waals surface area (Å²) in [6.07, 6.45) is -1.57. The Labute approximate surface area is 128 Å². The zero-order valence-corrected chi connectivity index (χ0v) is 12.2. The largest absolute Gasteiger partial charge is 0.481 e. The van der Waals surface area contributed by atoms with E-state index < -0.39 is 12.2 Å². The molecule has 2 unspecified atom stereocenters. The SMILES string of the molecule is CC(Oc1ccccc1)C(=O)NCC(O)c1ccc(F)cc1. The number of benzene rings is 2. The maximum absolute atomic E-state index is 12.8. The standard InChI is InChI=1S/C17H18FNO3/c1-12(22-15-5-3-2-4-6-15)17(21)19-11-16(20)13-7-9-14(18)10-8-13/h2-10,12,16,20H,11H2,1H3,(H,19,21). The number of hydrogen-bond donors (Lipinski definition) is 2. The molecule has 0 heterocycles. The Morgan fingerprint density at radius 3 is 2.45 bits per heavy atom. The fourth-order valence-electron chi connectivity index (χ4n) is 1.90. The van der Waals surface area contributed by atoms with E-state index >= 15 is 0 Å². The molecule has 4 nitrogen and oxygen atoms in total. The van der Waals surface area contributed by atoms with Crippen LogP contribution in [0.15, 0.2) is 54.6 Å². The number of nitrogens with one attached hydrogen (secondary N) is 1. The molecule has 2 aromatic carbocycles. The van der Waals surface area contributed by atoms with E-state index in [1.807, 2.05) is 18.2 Å². The average Bonchev–Trinajstić information content (AvgIpc) is 2.53. The van der Waals surface area contributed by atoms with E-state index in [2.05, 4.69) is 5.32 Å². The summed E-state index contributed by atoms with van der Waals surface area (Å²) in [5.41, 5.74) is 0.540. The fourth-order valence-corrected chi connectivity index (χ4v) is 1.90. The zero-order chi connectivity index (χ0) is 15.9. The van der Waals surface area contributed by atoms with Crippen molar-refractivity contribution < 1.29 is 19.0 Å². The van der Waals surface area contributed by atoms with Crippen molar-refractivity contribution in [3.05, 3.63) is 66.0 Å². The van der Waals surface area contributed by atoms with E-state index in [1.54, 1.807) is 19.1 Å². The van der Waals surface area contributed by atoms with Gasteiger partial charge in [-0.25, -0.2) is 4.39 Å². The van der Waals surface area contributed by atoms with Crippen LogP contribution in [-0.2, 0) is 4.79 Å². The summed E-state index contributed by atoms with van der Waals surface area (Å²) in [6.45, 7) is 1.67. The molecule has 0 spiro atoms. The van der Waals surface area contributed by atoms with Gasteiger partial charge in [-0.1, -0.05) is 30.3 Å². The second-order valence-electron chi connectivity index (χ2n) is 4.89. The minimum absolute atomic E-state index is 0.0347. The summed E-state index contributed by atoms with van der Waals surface area (Å²) < 4.78 is 18.3. The van der Waals surface area contributed by atoms with Gasteiger partial charge in [0.1, 0.15) is 11.6 Å². The Morgan fingerprint density at radius 2 is 1.82 bits per heavy atom. The summed E-state index contributed by atoms with van der Waals surface area (Å²) in [5.74, 6) is -0.0980. The molecule has 0 aliphatic heterocycles. The number of hydrogen-bond acceptors (Lipinski definition) is 3. The van der Waals surface area contributed by atoms with Crippen molar-refractivity contribution in [2.24, 2.45) is 0 Å². The van der Waals surface area contributed by atoms with Gasteiger partial charge in [0, 0.05) is 6.54 Å². The van der Waals surface area contributed by atoms with Crippen LogP contribution in [0.25, 0.3) is 0 Å². The van der Waals surface area contributed by atoms with Crippen molar-refractivity contribution in [2.75, 3.05) is 6.54 Å². The number of halogens is 1. The Hall–Kier alpha value is -2.40. The van der Waals surface area contributed by atoms with Crippen LogP contribution in [0, 0.1) is 5.82 Å². The number of aliphatic hydroxyl groups is 1. The number of ether oxygens (including phenoxy) is 1. The zero-order valence-electron chi connectivity index (χ0n) is 12.2. The number of rotatable bonds is 6. The lowest BCUT2D eigenvalue weighted by atomic mass is 10.1. The molecule has 2 aromatic rings. The van der Waals surface area contributed by atoms with Gasteiger partial charge in [0.15, 0.2) is 6.10 Å². The topological polar surface area (TPSA) is 58.6 Å². The molecule has 2 rings (SSSR count). The van der Waals surface area contributed by atoms with Crippen LogP contribution < -0.4 is 10.1 Å². The van der Waals surface area contributed by atoms with Crippen LogP contribution >= 0.6 is 0 Å². The molecule has 116 valence electrons. The van der Waals surface area contributed by atoms with Gasteiger partial charge < -0.3 is 15.2 Å². The van der Waals surface area contributed by atoms with Gasteiger partial charge in [-0.05, 0) is 36.8 Å². The van der Waals surface area contributed by atoms with Crippen LogP contribution in [-0.4, -0.2) is 23.7 Å². The highest BCUT2D eigenvalue weighted by molar-refractivity contribution is 5.80. The molecule has 0 bridgehead atoms. The van der Waals surface area contributed by atoms with Crippen LogP contribution in [0.2, 0.25) is 0 Å². The van der Waals surface area contributed by atoms with E-state index in [4.69, 9.17) is 4.74 Å². The number of aliphatic hydroxyl groups excluding tert-OH is 1. The molecule has 0 saturated carbocycles. The van der Waals surface area contributed by atoms with Gasteiger partial charge in [-0.3, -0.25) is 4.79 Å². The van der Waals surface area contributed by atoms with Crippen molar-refractivity contribution in [2.45, 2.75) is 19.1 Å². The number of para-hydroxylation sites is 1. The lowest BCUT2D eigenvalue weighted by Gasteiger charge is -2.17. The minimum atomic E-state index is -0.895. The first-order valence-electron chi connectivity index (χ1n) is 6.99. The molecular formula is C17H18FNO3. The molecule has 2 N–H and O–H groups in total. The Kier molecular flexibility index (Phi) is 5.49. The summed E-state index contributed by atoms with van der Waals surface area (Å²) in [7, 11) is 0. The van der Waals surface area contributed by atoms with Gasteiger partial charge in [-0.2, -0.15) is 0 Å². The van der Waals surface area contributed by atoms with Gasteiger partial charge in [0.2, 0.25) is 0 Å². The molecule has 1 amide bonds. The van der Waals surface area contributed by atoms with Crippen LogP contribution in [0.1, 0.15) is 18.6 Å². The van der Waals surface area contributed by atoms with Crippen LogP contribution in [0.3, 0.4) is 0 Å². The molecule has 0 aromatic heterocycles. The third-order valence-electron chi connectivity index (χ3n) is 3.15. The molecular weight excluding hydrogens is 285 g/mol. The third kappa shape index (κ3) is 4.56. The maximum Gasteiger partial charge on any atom is 0.260 e. The summed E-state index contributed by atoms with van der Waals surface area (Å²) >= 11 is 0. The van der Waals surface area contributed by atoms with Gasteiger partial charge in [-0.15, -0.1) is 0 Å². The first kappa shape index (κ1) is 16.0. The average molecular weight is 303 g/mol. The lowest BCUT2D eigenvalue weighted by molar-refractivity contribution is -0.127. The summed E-state index contributed by atoms with van der Waals surface area (Å²) in [4.78, 5) is 11.9. The van der Waals surface area contributed by atoms with Crippen molar-refractivity contribution in [1.29, 1.82) is 0 Å². The van der Waals surface area contributed by atoms with E-state index in [1.165, 1.54) is 24.3 Å². The quantitative estimate of drug-likeness (QED) is 0.862. The van der Waals surface area contributed by atoms with Crippen LogP contribution in [0.4, 0.5) is 4.39 Å². The van der Waals surface area contributed by atoms with Crippen molar-refractivity contribution in [3.63, 3.8) is 0 Å². The highest BCUT2D eigenvalue weighted by Gasteiger charge is 2.16. The Morgan fingerprint density at radius 1 is 1.18 bits per heavy atom. The molecule has 0 saturated heterocycles. The highest BCUT2D eigenvalue weighted by Crippen LogP contribution is 2.13. The highest BCUT2D eigenvalue weighted by atomic mass is 19.1. The van der Waals surface area contributed by atoms with E-state index in [9.17, 15) is 14.3 Å². The monoisotopic (exact) mass is 303 g/mol. The number of amides is 1. The summed E-state index contributed by atoms with van der Waals surface area (Å²) in [6, 6.07) is 14.5. The first-order chi connectivity index (χ1) is 10.6. The van der Waals surface area contributed by atoms with Crippen molar-refractivity contribution in [1.82, 2.24) is 5.32 Å². The maximum atomic E-state index is 12.8. The van der Waals surface area contributed by atoms with Gasteiger partial charge >= 0.3 is 0 Å². The third-order valence-corrected chi connectivity index (χ3v) is 3.15. The van der Waals surface area contributed by atoms with Crippen LogP contribution in [0.5, 0.6) is 5.75 Å². The first-order valence-corrected chi connectivity index (χ1v) is 6.99. The fraction of sp³-hybridized carbons (Fsp3) is 0.235. The summed E-state index contributed by atoms with van der Waals surface area (Å²) in [5, 5.41) is 12.6. The molecule has 5 heteroatoms. The number of carbonyl (C=O) groups excluding carboxylic acids is 1. The minimum Gasteiger partial charge on any atom is -0.481 e. The second-order valence-corrected chi connectivity index (χ2v) is 4.89. The van der Waals surface area contributed by atoms with E-state index in [0.29, 0.717) is 11.3 Å². The second kappa shape index (κ2) is 7.56. The predicted octanol–water partition coefficient (Wildman–Crippen LogP) is 2.44. The molecule has 0 radical (unpaired) electrons. The van der Waals surface area contributed by atoms with Gasteiger partial charge in [0.25, 0.3) is 5.91 Å². The smallest absolute Gasteiger partial charge is 0.260 e. The predicted molar refractivity (Wildman–Crippen MR) is 80.9 cm³/mol. The van der Waals surface area contributed by atoms with E-state index in [-0.39, 0.29) is 18.3 Å². The Bertz CT molecular complexity index is 601. The van der Waals surface area contributed by atoms with Crippen molar-refractivity contribution >= 4 is 5.91 Å². The normalized spacial score (nSPS) is 13.2. The molecule has 0 aliphatic rings. The molecule has 0 fully saturated rings. The van der Waals surface area contributed by atoms with E-state index in [0.717, 1.165) is 0 Å². The van der Waals surface area contributed by atoms with Crippen molar-refractivity contribution in [3.8, 4) is 5.75 Å². The molecule has 2 atom stereocenters. The molecule has 0 aliphatic carbocycles. The number of carbonyl (C=O) groups is 1.